The van der Waals surface area contributed by atoms with Crippen molar-refractivity contribution in [2.75, 3.05) is 0 Å². The van der Waals surface area contributed by atoms with E-state index in [0.717, 1.165) is 60.8 Å². The molecule has 0 fully saturated rings. The monoisotopic (exact) mass is 718 g/mol. The molecule has 0 aliphatic rings. The molecule has 0 aliphatic carbocycles. The van der Waals surface area contributed by atoms with Crippen molar-refractivity contribution in [3.63, 3.8) is 0 Å². The van der Waals surface area contributed by atoms with Gasteiger partial charge in [-0.25, -0.2) is 0 Å². The zero-order valence-electron chi connectivity index (χ0n) is 29.0. The van der Waals surface area contributed by atoms with E-state index in [2.05, 4.69) is 19.9 Å². The van der Waals surface area contributed by atoms with Crippen LogP contribution < -0.4 is 9.66 Å². The van der Waals surface area contributed by atoms with E-state index in [-0.39, 0.29) is 21.3 Å². The molecular weight excluding hydrogens is 673 g/mol. The maximum absolute atomic E-state index is 12.9. The fraction of sp³-hybridized carbons (Fsp3) is 0.316. The lowest BCUT2D eigenvalue weighted by Gasteiger charge is -2.12. The van der Waals surface area contributed by atoms with Gasteiger partial charge in [0.15, 0.2) is 0 Å². The standard InChI is InChI=1S/C38H46N4O6S2/c1-27-13-19-31(20-14-27)49(45,46)41-39-35(33-25-29(3)17-23-37(33)43)11-9-7-5-6-8-10-12-36(34-26-30(4)18-24-38(34)44)40-42-50(47,48)32-21-15-28(2)16-22-32/h13-26,41-44H,5-12H2,1-4H3/b39-35-,40-36-. The van der Waals surface area contributed by atoms with Gasteiger partial charge in [-0.3, -0.25) is 0 Å². The molecule has 0 atom stereocenters. The largest absolute Gasteiger partial charge is 0.507 e. The van der Waals surface area contributed by atoms with Crippen molar-refractivity contribution < 1.29 is 27.0 Å². The van der Waals surface area contributed by atoms with Crippen molar-refractivity contribution >= 4 is 31.5 Å². The van der Waals surface area contributed by atoms with Gasteiger partial charge in [-0.05, 0) is 102 Å². The highest BCUT2D eigenvalue weighted by atomic mass is 32.2. The second-order valence-electron chi connectivity index (χ2n) is 12.6. The molecule has 0 spiro atoms. The number of hydrogen-bond acceptors (Lipinski definition) is 8. The van der Waals surface area contributed by atoms with Crippen LogP contribution in [0.25, 0.3) is 0 Å². The molecule has 0 bridgehead atoms. The highest BCUT2D eigenvalue weighted by molar-refractivity contribution is 7.89. The fourth-order valence-corrected chi connectivity index (χ4v) is 6.99. The van der Waals surface area contributed by atoms with E-state index < -0.39 is 20.0 Å². The number of aryl methyl sites for hydroxylation is 4. The summed E-state index contributed by atoms with van der Waals surface area (Å²) < 4.78 is 51.6. The Hall–Kier alpha value is -4.68. The summed E-state index contributed by atoms with van der Waals surface area (Å²) in [6.07, 6.45) is 5.88. The Morgan fingerprint density at radius 3 is 1.18 bits per heavy atom. The summed E-state index contributed by atoms with van der Waals surface area (Å²) in [4.78, 5) is 4.91. The average Bonchev–Trinajstić information content (AvgIpc) is 3.08. The van der Waals surface area contributed by atoms with Gasteiger partial charge in [-0.2, -0.15) is 36.7 Å². The number of benzene rings is 4. The molecule has 0 heterocycles. The third kappa shape index (κ3) is 10.9. The summed E-state index contributed by atoms with van der Waals surface area (Å²) >= 11 is 0. The first kappa shape index (κ1) is 38.1. The van der Waals surface area contributed by atoms with Crippen LogP contribution in [0.5, 0.6) is 11.5 Å². The molecule has 0 unspecified atom stereocenters. The van der Waals surface area contributed by atoms with Crippen molar-refractivity contribution in [3.05, 3.63) is 118 Å². The number of aromatic hydroxyl groups is 2. The maximum atomic E-state index is 12.9. The summed E-state index contributed by atoms with van der Waals surface area (Å²) in [5, 5.41) is 29.7. The lowest BCUT2D eigenvalue weighted by Crippen LogP contribution is -2.21. The molecule has 4 rings (SSSR count). The summed E-state index contributed by atoms with van der Waals surface area (Å²) in [6.45, 7) is 7.55. The summed E-state index contributed by atoms with van der Waals surface area (Å²) in [5.74, 6) is 0.0595. The van der Waals surface area contributed by atoms with Gasteiger partial charge in [0.2, 0.25) is 0 Å². The van der Waals surface area contributed by atoms with Crippen LogP contribution in [0.4, 0.5) is 0 Å². The third-order valence-corrected chi connectivity index (χ3v) is 10.7. The number of nitrogens with one attached hydrogen (secondary N) is 2. The van der Waals surface area contributed by atoms with Gasteiger partial charge in [0.25, 0.3) is 20.0 Å². The number of phenolic OH excluding ortho intramolecular Hbond substituents is 2. The molecule has 0 saturated carbocycles. The Morgan fingerprint density at radius 2 is 0.820 bits per heavy atom. The van der Waals surface area contributed by atoms with Gasteiger partial charge >= 0.3 is 0 Å². The average molecular weight is 719 g/mol. The lowest BCUT2D eigenvalue weighted by atomic mass is 9.99. The van der Waals surface area contributed by atoms with Crippen LogP contribution in [0.2, 0.25) is 0 Å². The molecule has 0 amide bonds. The van der Waals surface area contributed by atoms with Crippen molar-refractivity contribution in [3.8, 4) is 11.5 Å². The first-order chi connectivity index (χ1) is 23.7. The maximum Gasteiger partial charge on any atom is 0.276 e. The molecule has 4 aromatic rings. The second-order valence-corrected chi connectivity index (χ2v) is 15.9. The van der Waals surface area contributed by atoms with Gasteiger partial charge in [-0.15, -0.1) is 0 Å². The van der Waals surface area contributed by atoms with Crippen LogP contribution in [-0.2, 0) is 20.0 Å². The fourth-order valence-electron chi connectivity index (χ4n) is 5.33. The number of nitrogens with zero attached hydrogens (tertiary/aromatic N) is 2. The molecule has 12 heteroatoms. The van der Waals surface area contributed by atoms with Gasteiger partial charge in [-0.1, -0.05) is 84.3 Å². The van der Waals surface area contributed by atoms with Gasteiger partial charge in [0.05, 0.1) is 21.2 Å². The molecule has 266 valence electrons. The van der Waals surface area contributed by atoms with Crippen LogP contribution in [0.3, 0.4) is 0 Å². The van der Waals surface area contributed by atoms with Gasteiger partial charge in [0.1, 0.15) is 11.5 Å². The Kier molecular flexibility index (Phi) is 13.2. The first-order valence-electron chi connectivity index (χ1n) is 16.7. The predicted molar refractivity (Wildman–Crippen MR) is 199 cm³/mol. The molecule has 10 nitrogen and oxygen atoms in total. The minimum atomic E-state index is -3.89. The van der Waals surface area contributed by atoms with Crippen LogP contribution in [0.15, 0.2) is 105 Å². The van der Waals surface area contributed by atoms with Crippen molar-refractivity contribution in [2.24, 2.45) is 10.2 Å². The Bertz CT molecular complexity index is 1890. The minimum absolute atomic E-state index is 0.0298. The van der Waals surface area contributed by atoms with Crippen molar-refractivity contribution in [1.82, 2.24) is 9.66 Å². The summed E-state index contributed by atoms with van der Waals surface area (Å²) in [7, 11) is -7.78. The summed E-state index contributed by atoms with van der Waals surface area (Å²) in [6, 6.07) is 23.3. The summed E-state index contributed by atoms with van der Waals surface area (Å²) in [5.41, 5.74) is 5.59. The lowest BCUT2D eigenvalue weighted by molar-refractivity contribution is 0.473. The van der Waals surface area contributed by atoms with E-state index in [0.29, 0.717) is 35.4 Å². The molecule has 4 N–H and O–H groups in total. The van der Waals surface area contributed by atoms with Crippen LogP contribution in [-0.4, -0.2) is 38.5 Å². The third-order valence-electron chi connectivity index (χ3n) is 8.27. The van der Waals surface area contributed by atoms with Gasteiger partial charge < -0.3 is 10.2 Å². The Balaban J connectivity index is 1.35. The van der Waals surface area contributed by atoms with E-state index in [9.17, 15) is 27.0 Å². The number of unbranched alkanes of at least 4 members (excludes halogenated alkanes) is 5. The Morgan fingerprint density at radius 1 is 0.500 bits per heavy atom. The first-order valence-corrected chi connectivity index (χ1v) is 19.6. The Labute approximate surface area is 296 Å². The molecule has 50 heavy (non-hydrogen) atoms. The highest BCUT2D eigenvalue weighted by Gasteiger charge is 2.17. The SMILES string of the molecule is Cc1ccc(S(=O)(=O)N/N=C(/CCCCCCCC/C(=N/NS(=O)(=O)c2ccc(C)cc2)c2cc(C)ccc2O)c2cc(C)ccc2O)cc1. The highest BCUT2D eigenvalue weighted by Crippen LogP contribution is 2.24. The van der Waals surface area contributed by atoms with E-state index >= 15 is 0 Å². The molecule has 0 radical (unpaired) electrons. The zero-order valence-corrected chi connectivity index (χ0v) is 30.6. The van der Waals surface area contributed by atoms with Gasteiger partial charge in [0, 0.05) is 11.1 Å². The minimum Gasteiger partial charge on any atom is -0.507 e. The number of hydrogen-bond donors (Lipinski definition) is 4. The number of hydrazone groups is 2. The number of sulfonamides is 2. The van der Waals surface area contributed by atoms with E-state index in [1.807, 2.05) is 27.7 Å². The molecule has 0 aromatic heterocycles. The topological polar surface area (TPSA) is 158 Å². The normalized spacial score (nSPS) is 12.6. The number of phenols is 2. The van der Waals surface area contributed by atoms with Crippen LogP contribution in [0.1, 0.15) is 84.7 Å². The van der Waals surface area contributed by atoms with Crippen molar-refractivity contribution in [1.29, 1.82) is 0 Å². The molecule has 0 aliphatic heterocycles. The number of rotatable bonds is 17. The van der Waals surface area contributed by atoms with E-state index in [1.165, 1.54) is 24.3 Å². The van der Waals surface area contributed by atoms with E-state index in [1.54, 1.807) is 60.7 Å². The van der Waals surface area contributed by atoms with E-state index in [4.69, 9.17) is 0 Å². The molecular formula is C38H46N4O6S2. The molecule has 0 saturated heterocycles. The quantitative estimate of drug-likeness (QED) is 0.0503. The van der Waals surface area contributed by atoms with Crippen molar-refractivity contribution in [2.45, 2.75) is 88.9 Å². The second kappa shape index (κ2) is 17.3. The smallest absolute Gasteiger partial charge is 0.276 e. The van der Waals surface area contributed by atoms with Crippen LogP contribution >= 0.6 is 0 Å². The predicted octanol–water partition coefficient (Wildman–Crippen LogP) is 7.52. The van der Waals surface area contributed by atoms with Crippen LogP contribution in [0, 0.1) is 27.7 Å². The zero-order chi connectivity index (χ0) is 36.3. The molecule has 4 aromatic carbocycles.